The highest BCUT2D eigenvalue weighted by Gasteiger charge is 2.03. The van der Waals surface area contributed by atoms with Crippen molar-refractivity contribution in [2.45, 2.75) is 17.4 Å². The van der Waals surface area contributed by atoms with Gasteiger partial charge < -0.3 is 5.11 Å². The van der Waals surface area contributed by atoms with Crippen molar-refractivity contribution < 1.29 is 9.50 Å². The molecule has 0 amide bonds. The molecular formula is C11H13FOS. The van der Waals surface area contributed by atoms with Crippen molar-refractivity contribution in [2.24, 2.45) is 0 Å². The number of benzene rings is 1. The van der Waals surface area contributed by atoms with Gasteiger partial charge in [0.1, 0.15) is 5.82 Å². The average Bonchev–Trinajstić information content (AvgIpc) is 2.15. The van der Waals surface area contributed by atoms with Crippen LogP contribution in [-0.2, 0) is 0 Å². The summed E-state index contributed by atoms with van der Waals surface area (Å²) in [7, 11) is 0. The number of rotatable bonds is 5. The first-order valence-electron chi connectivity index (χ1n) is 4.39. The molecule has 76 valence electrons. The number of hydrogen-bond acceptors (Lipinski definition) is 2. The molecule has 0 aliphatic rings. The standard InChI is InChI=1S/C11H13FOS/c1-2-4-10(13)8-14-11-6-3-5-9(12)7-11/h2-3,5-7,10,13H,1,4,8H2. The summed E-state index contributed by atoms with van der Waals surface area (Å²) >= 11 is 1.44. The fourth-order valence-corrected chi connectivity index (χ4v) is 1.90. The van der Waals surface area contributed by atoms with E-state index in [1.807, 2.05) is 6.07 Å². The summed E-state index contributed by atoms with van der Waals surface area (Å²) in [5.41, 5.74) is 0. The Bertz CT molecular complexity index is 301. The Morgan fingerprint density at radius 2 is 2.36 bits per heavy atom. The highest BCUT2D eigenvalue weighted by Crippen LogP contribution is 2.20. The Hall–Kier alpha value is -0.800. The normalized spacial score (nSPS) is 12.4. The van der Waals surface area contributed by atoms with Crippen molar-refractivity contribution in [3.63, 3.8) is 0 Å². The molecule has 0 heterocycles. The lowest BCUT2D eigenvalue weighted by atomic mass is 10.3. The predicted molar refractivity (Wildman–Crippen MR) is 57.9 cm³/mol. The fourth-order valence-electron chi connectivity index (χ4n) is 1.01. The average molecular weight is 212 g/mol. The summed E-state index contributed by atoms with van der Waals surface area (Å²) in [5, 5.41) is 9.39. The van der Waals surface area contributed by atoms with Crippen LogP contribution in [0.25, 0.3) is 0 Å². The zero-order valence-electron chi connectivity index (χ0n) is 7.82. The number of aliphatic hydroxyl groups excluding tert-OH is 1. The molecule has 0 radical (unpaired) electrons. The predicted octanol–water partition coefficient (Wildman–Crippen LogP) is 2.85. The van der Waals surface area contributed by atoms with Gasteiger partial charge in [0.25, 0.3) is 0 Å². The maximum Gasteiger partial charge on any atom is 0.124 e. The van der Waals surface area contributed by atoms with E-state index in [4.69, 9.17) is 0 Å². The Labute approximate surface area is 87.6 Å². The summed E-state index contributed by atoms with van der Waals surface area (Å²) in [6, 6.07) is 6.36. The van der Waals surface area contributed by atoms with E-state index >= 15 is 0 Å². The molecule has 0 spiro atoms. The van der Waals surface area contributed by atoms with Crippen molar-refractivity contribution in [1.29, 1.82) is 0 Å². The first kappa shape index (κ1) is 11.3. The number of halogens is 1. The van der Waals surface area contributed by atoms with Crippen molar-refractivity contribution >= 4 is 11.8 Å². The van der Waals surface area contributed by atoms with Crippen LogP contribution in [0.5, 0.6) is 0 Å². The van der Waals surface area contributed by atoms with Crippen LogP contribution in [-0.4, -0.2) is 17.0 Å². The van der Waals surface area contributed by atoms with Crippen LogP contribution in [0, 0.1) is 5.82 Å². The molecule has 1 atom stereocenters. The van der Waals surface area contributed by atoms with E-state index < -0.39 is 6.10 Å². The van der Waals surface area contributed by atoms with Crippen molar-refractivity contribution in [1.82, 2.24) is 0 Å². The van der Waals surface area contributed by atoms with E-state index in [-0.39, 0.29) is 5.82 Å². The quantitative estimate of drug-likeness (QED) is 0.598. The molecule has 0 aliphatic carbocycles. The second-order valence-corrected chi connectivity index (χ2v) is 4.04. The Kier molecular flexibility index (Phi) is 4.70. The molecule has 1 aromatic rings. The molecule has 0 saturated carbocycles. The topological polar surface area (TPSA) is 20.2 Å². The lowest BCUT2D eigenvalue weighted by molar-refractivity contribution is 0.203. The number of hydrogen-bond donors (Lipinski definition) is 1. The van der Waals surface area contributed by atoms with E-state index in [1.165, 1.54) is 23.9 Å². The third-order valence-electron chi connectivity index (χ3n) is 1.68. The minimum Gasteiger partial charge on any atom is -0.392 e. The van der Waals surface area contributed by atoms with Crippen LogP contribution < -0.4 is 0 Å². The Morgan fingerprint density at radius 1 is 1.57 bits per heavy atom. The van der Waals surface area contributed by atoms with Gasteiger partial charge >= 0.3 is 0 Å². The SMILES string of the molecule is C=CCC(O)CSc1cccc(F)c1. The van der Waals surface area contributed by atoms with Crippen molar-refractivity contribution in [3.05, 3.63) is 42.7 Å². The molecule has 1 rings (SSSR count). The largest absolute Gasteiger partial charge is 0.392 e. The third-order valence-corrected chi connectivity index (χ3v) is 2.82. The summed E-state index contributed by atoms with van der Waals surface area (Å²) in [5.74, 6) is 0.323. The van der Waals surface area contributed by atoms with Gasteiger partial charge in [0.05, 0.1) is 6.10 Å². The first-order valence-corrected chi connectivity index (χ1v) is 5.38. The molecule has 1 nitrogen and oxygen atoms in total. The summed E-state index contributed by atoms with van der Waals surface area (Å²) in [6.45, 7) is 3.54. The van der Waals surface area contributed by atoms with Crippen LogP contribution in [0.1, 0.15) is 6.42 Å². The zero-order valence-corrected chi connectivity index (χ0v) is 8.64. The van der Waals surface area contributed by atoms with Crippen LogP contribution in [0.4, 0.5) is 4.39 Å². The van der Waals surface area contributed by atoms with E-state index in [9.17, 15) is 9.50 Å². The van der Waals surface area contributed by atoms with Crippen molar-refractivity contribution in [2.75, 3.05) is 5.75 Å². The van der Waals surface area contributed by atoms with E-state index in [0.29, 0.717) is 12.2 Å². The van der Waals surface area contributed by atoms with Gasteiger partial charge in [-0.25, -0.2) is 4.39 Å². The van der Waals surface area contributed by atoms with Gasteiger partial charge in [-0.1, -0.05) is 12.1 Å². The highest BCUT2D eigenvalue weighted by molar-refractivity contribution is 7.99. The summed E-state index contributed by atoms with van der Waals surface area (Å²) in [4.78, 5) is 0.841. The smallest absolute Gasteiger partial charge is 0.124 e. The molecule has 14 heavy (non-hydrogen) atoms. The highest BCUT2D eigenvalue weighted by atomic mass is 32.2. The molecule has 0 aliphatic heterocycles. The van der Waals surface area contributed by atoms with Gasteiger partial charge in [0.15, 0.2) is 0 Å². The Balaban J connectivity index is 2.41. The van der Waals surface area contributed by atoms with Gasteiger partial charge in [0, 0.05) is 10.6 Å². The molecule has 0 aromatic heterocycles. The molecule has 1 unspecified atom stereocenters. The minimum absolute atomic E-state index is 0.242. The van der Waals surface area contributed by atoms with E-state index in [1.54, 1.807) is 12.1 Å². The monoisotopic (exact) mass is 212 g/mol. The fraction of sp³-hybridized carbons (Fsp3) is 0.273. The van der Waals surface area contributed by atoms with Gasteiger partial charge in [-0.3, -0.25) is 0 Å². The third kappa shape index (κ3) is 3.94. The van der Waals surface area contributed by atoms with Crippen LogP contribution >= 0.6 is 11.8 Å². The summed E-state index contributed by atoms with van der Waals surface area (Å²) < 4.78 is 12.7. The van der Waals surface area contributed by atoms with Crippen LogP contribution in [0.2, 0.25) is 0 Å². The van der Waals surface area contributed by atoms with Crippen molar-refractivity contribution in [3.8, 4) is 0 Å². The van der Waals surface area contributed by atoms with Gasteiger partial charge in [-0.2, -0.15) is 0 Å². The maximum atomic E-state index is 12.7. The molecule has 1 aromatic carbocycles. The molecule has 0 fully saturated rings. The maximum absolute atomic E-state index is 12.7. The van der Waals surface area contributed by atoms with E-state index in [2.05, 4.69) is 6.58 Å². The zero-order chi connectivity index (χ0) is 10.4. The van der Waals surface area contributed by atoms with Gasteiger partial charge in [-0.15, -0.1) is 18.3 Å². The lowest BCUT2D eigenvalue weighted by Gasteiger charge is -2.06. The van der Waals surface area contributed by atoms with E-state index in [0.717, 1.165) is 4.90 Å². The van der Waals surface area contributed by atoms with Gasteiger partial charge in [-0.05, 0) is 24.6 Å². The minimum atomic E-state index is -0.402. The molecule has 1 N–H and O–H groups in total. The Morgan fingerprint density at radius 3 is 3.00 bits per heavy atom. The van der Waals surface area contributed by atoms with Crippen LogP contribution in [0.3, 0.4) is 0 Å². The molecule has 0 bridgehead atoms. The van der Waals surface area contributed by atoms with Gasteiger partial charge in [0.2, 0.25) is 0 Å². The molecular weight excluding hydrogens is 199 g/mol. The molecule has 0 saturated heterocycles. The van der Waals surface area contributed by atoms with Crippen LogP contribution in [0.15, 0.2) is 41.8 Å². The molecule has 3 heteroatoms. The lowest BCUT2D eigenvalue weighted by Crippen LogP contribution is -2.07. The number of thioether (sulfide) groups is 1. The second kappa shape index (κ2) is 5.83. The first-order chi connectivity index (χ1) is 6.72. The second-order valence-electron chi connectivity index (χ2n) is 2.95. The summed E-state index contributed by atoms with van der Waals surface area (Å²) in [6.07, 6.45) is 1.85. The number of aliphatic hydroxyl groups is 1.